The summed E-state index contributed by atoms with van der Waals surface area (Å²) in [6, 6.07) is 18.6. The first kappa shape index (κ1) is 18.2. The molecule has 1 amide bonds. The number of amides is 1. The highest BCUT2D eigenvalue weighted by Gasteiger charge is 2.14. The van der Waals surface area contributed by atoms with E-state index in [-0.39, 0.29) is 5.91 Å². The smallest absolute Gasteiger partial charge is 0.262 e. The summed E-state index contributed by atoms with van der Waals surface area (Å²) in [4.78, 5) is 13.2. The maximum atomic E-state index is 12.6. The Morgan fingerprint density at radius 2 is 1.81 bits per heavy atom. The summed E-state index contributed by atoms with van der Waals surface area (Å²) < 4.78 is 25.1. The Labute approximate surface area is 156 Å². The van der Waals surface area contributed by atoms with Crippen LogP contribution >= 0.6 is 11.3 Å². The molecule has 0 atom stereocenters. The van der Waals surface area contributed by atoms with E-state index in [1.54, 1.807) is 18.2 Å². The Kier molecular flexibility index (Phi) is 5.39. The molecule has 0 bridgehead atoms. The van der Waals surface area contributed by atoms with Crippen LogP contribution in [0, 0.1) is 0 Å². The van der Waals surface area contributed by atoms with Gasteiger partial charge in [-0.3, -0.25) is 9.52 Å². The van der Waals surface area contributed by atoms with Gasteiger partial charge in [0.05, 0.1) is 11.1 Å². The van der Waals surface area contributed by atoms with Crippen LogP contribution in [0.15, 0.2) is 66.0 Å². The molecular weight excluding hydrogens is 368 g/mol. The molecule has 3 aromatic rings. The lowest BCUT2D eigenvalue weighted by molar-refractivity contribution is 0.0955. The van der Waals surface area contributed by atoms with Gasteiger partial charge in [0.2, 0.25) is 10.0 Å². The normalized spacial score (nSPS) is 11.1. The quantitative estimate of drug-likeness (QED) is 0.678. The minimum absolute atomic E-state index is 0.152. The number of hydrogen-bond acceptors (Lipinski definition) is 4. The van der Waals surface area contributed by atoms with Crippen LogP contribution in [0.3, 0.4) is 0 Å². The molecule has 0 aliphatic carbocycles. The minimum Gasteiger partial charge on any atom is -0.347 e. The van der Waals surface area contributed by atoms with Gasteiger partial charge in [0, 0.05) is 17.8 Å². The van der Waals surface area contributed by atoms with Gasteiger partial charge in [-0.25, -0.2) is 8.42 Å². The summed E-state index contributed by atoms with van der Waals surface area (Å²) >= 11 is 1.39. The molecule has 0 aliphatic rings. The van der Waals surface area contributed by atoms with Gasteiger partial charge in [0.1, 0.15) is 0 Å². The highest BCUT2D eigenvalue weighted by molar-refractivity contribution is 7.92. The zero-order chi connectivity index (χ0) is 18.6. The predicted molar refractivity (Wildman–Crippen MR) is 106 cm³/mol. The average Bonchev–Trinajstić information content (AvgIpc) is 3.09. The van der Waals surface area contributed by atoms with Crippen LogP contribution < -0.4 is 10.0 Å². The number of rotatable bonds is 6. The second-order valence-electron chi connectivity index (χ2n) is 5.79. The third-order valence-electron chi connectivity index (χ3n) is 3.64. The number of carbonyl (C=O) groups excluding carboxylic acids is 1. The van der Waals surface area contributed by atoms with Crippen molar-refractivity contribution < 1.29 is 13.2 Å². The molecular formula is C19H18N2O3S2. The third-order valence-corrected chi connectivity index (χ3v) is 5.16. The number of anilines is 1. The zero-order valence-corrected chi connectivity index (χ0v) is 15.7. The highest BCUT2D eigenvalue weighted by Crippen LogP contribution is 2.28. The molecule has 3 rings (SSSR count). The van der Waals surface area contributed by atoms with Gasteiger partial charge in [-0.15, -0.1) is 11.3 Å². The Morgan fingerprint density at radius 1 is 1.04 bits per heavy atom. The van der Waals surface area contributed by atoms with E-state index < -0.39 is 10.0 Å². The molecule has 0 spiro atoms. The summed E-state index contributed by atoms with van der Waals surface area (Å²) in [5.74, 6) is -0.152. The minimum atomic E-state index is -3.33. The topological polar surface area (TPSA) is 75.3 Å². The SMILES string of the molecule is CS(=O)(=O)Nc1cccc(CNC(=O)c2sccc2-c2ccccc2)c1. The lowest BCUT2D eigenvalue weighted by Crippen LogP contribution is -2.22. The molecule has 7 heteroatoms. The van der Waals surface area contributed by atoms with Crippen LogP contribution in [-0.4, -0.2) is 20.6 Å². The lowest BCUT2D eigenvalue weighted by atomic mass is 10.1. The molecule has 26 heavy (non-hydrogen) atoms. The second-order valence-corrected chi connectivity index (χ2v) is 8.45. The second kappa shape index (κ2) is 7.72. The molecule has 0 saturated heterocycles. The Hall–Kier alpha value is -2.64. The summed E-state index contributed by atoms with van der Waals surface area (Å²) in [7, 11) is -3.33. The van der Waals surface area contributed by atoms with Gasteiger partial charge >= 0.3 is 0 Å². The van der Waals surface area contributed by atoms with Gasteiger partial charge in [0.25, 0.3) is 5.91 Å². The third kappa shape index (κ3) is 4.71. The van der Waals surface area contributed by atoms with Crippen LogP contribution in [-0.2, 0) is 16.6 Å². The molecule has 2 N–H and O–H groups in total. The van der Waals surface area contributed by atoms with E-state index in [4.69, 9.17) is 0 Å². The fraction of sp³-hybridized carbons (Fsp3) is 0.105. The van der Waals surface area contributed by atoms with Crippen LogP contribution in [0.4, 0.5) is 5.69 Å². The number of benzene rings is 2. The molecule has 0 unspecified atom stereocenters. The summed E-state index contributed by atoms with van der Waals surface area (Å²) in [5.41, 5.74) is 3.18. The first-order chi connectivity index (χ1) is 12.4. The summed E-state index contributed by atoms with van der Waals surface area (Å²) in [6.45, 7) is 0.310. The molecule has 0 saturated carbocycles. The van der Waals surface area contributed by atoms with E-state index in [0.717, 1.165) is 22.9 Å². The molecule has 2 aromatic carbocycles. The van der Waals surface area contributed by atoms with Crippen molar-refractivity contribution >= 4 is 33.0 Å². The fourth-order valence-electron chi connectivity index (χ4n) is 2.55. The average molecular weight is 386 g/mol. The number of carbonyl (C=O) groups is 1. The fourth-order valence-corrected chi connectivity index (χ4v) is 3.94. The zero-order valence-electron chi connectivity index (χ0n) is 14.1. The molecule has 1 heterocycles. The lowest BCUT2D eigenvalue weighted by Gasteiger charge is -2.09. The molecule has 5 nitrogen and oxygen atoms in total. The molecule has 1 aromatic heterocycles. The Morgan fingerprint density at radius 3 is 2.54 bits per heavy atom. The van der Waals surface area contributed by atoms with Crippen LogP contribution in [0.5, 0.6) is 0 Å². The molecule has 134 valence electrons. The highest BCUT2D eigenvalue weighted by atomic mass is 32.2. The summed E-state index contributed by atoms with van der Waals surface area (Å²) in [5, 5.41) is 4.79. The van der Waals surface area contributed by atoms with Gasteiger partial charge in [-0.1, -0.05) is 42.5 Å². The maximum Gasteiger partial charge on any atom is 0.262 e. The van der Waals surface area contributed by atoms with Crippen molar-refractivity contribution in [1.29, 1.82) is 0 Å². The Balaban J connectivity index is 1.71. The van der Waals surface area contributed by atoms with E-state index in [1.165, 1.54) is 11.3 Å². The van der Waals surface area contributed by atoms with Crippen molar-refractivity contribution in [2.24, 2.45) is 0 Å². The number of nitrogens with one attached hydrogen (secondary N) is 2. The van der Waals surface area contributed by atoms with Crippen molar-refractivity contribution in [2.45, 2.75) is 6.54 Å². The van der Waals surface area contributed by atoms with E-state index in [2.05, 4.69) is 10.0 Å². The maximum absolute atomic E-state index is 12.6. The van der Waals surface area contributed by atoms with E-state index in [1.807, 2.05) is 47.8 Å². The van der Waals surface area contributed by atoms with E-state index >= 15 is 0 Å². The van der Waals surface area contributed by atoms with Crippen molar-refractivity contribution in [3.63, 3.8) is 0 Å². The monoisotopic (exact) mass is 386 g/mol. The number of thiophene rings is 1. The van der Waals surface area contributed by atoms with Crippen molar-refractivity contribution in [2.75, 3.05) is 11.0 Å². The van der Waals surface area contributed by atoms with Gasteiger partial charge < -0.3 is 5.32 Å². The van der Waals surface area contributed by atoms with Crippen molar-refractivity contribution in [3.8, 4) is 11.1 Å². The van der Waals surface area contributed by atoms with E-state index in [0.29, 0.717) is 17.1 Å². The van der Waals surface area contributed by atoms with Gasteiger partial charge in [-0.2, -0.15) is 0 Å². The largest absolute Gasteiger partial charge is 0.347 e. The van der Waals surface area contributed by atoms with Gasteiger partial charge in [0.15, 0.2) is 0 Å². The van der Waals surface area contributed by atoms with Crippen molar-refractivity contribution in [3.05, 3.63) is 76.5 Å². The first-order valence-corrected chi connectivity index (χ1v) is 10.7. The molecule has 0 radical (unpaired) electrons. The Bertz CT molecular complexity index is 1010. The van der Waals surface area contributed by atoms with Crippen LogP contribution in [0.2, 0.25) is 0 Å². The molecule has 0 fully saturated rings. The predicted octanol–water partition coefficient (Wildman–Crippen LogP) is 3.72. The number of hydrogen-bond donors (Lipinski definition) is 2. The standard InChI is InChI=1S/C19H18N2O3S2/c1-26(23,24)21-16-9-5-6-14(12-16)13-20-19(22)18-17(10-11-25-18)15-7-3-2-4-8-15/h2-12,21H,13H2,1H3,(H,20,22). The number of sulfonamides is 1. The first-order valence-electron chi connectivity index (χ1n) is 7.90. The van der Waals surface area contributed by atoms with Crippen molar-refractivity contribution in [1.82, 2.24) is 5.32 Å². The van der Waals surface area contributed by atoms with Gasteiger partial charge in [-0.05, 0) is 34.7 Å². The van der Waals surface area contributed by atoms with E-state index in [9.17, 15) is 13.2 Å². The molecule has 0 aliphatic heterocycles. The van der Waals surface area contributed by atoms with Crippen LogP contribution in [0.25, 0.3) is 11.1 Å². The summed E-state index contributed by atoms with van der Waals surface area (Å²) in [6.07, 6.45) is 1.10. The van der Waals surface area contributed by atoms with Crippen LogP contribution in [0.1, 0.15) is 15.2 Å².